The lowest BCUT2D eigenvalue weighted by Crippen LogP contribution is -2.53. The minimum absolute atomic E-state index is 0.137. The van der Waals surface area contributed by atoms with Gasteiger partial charge >= 0.3 is 5.97 Å². The summed E-state index contributed by atoms with van der Waals surface area (Å²) in [6, 6.07) is 0. The van der Waals surface area contributed by atoms with E-state index in [0.29, 0.717) is 17.4 Å². The zero-order chi connectivity index (χ0) is 12.5. The van der Waals surface area contributed by atoms with Crippen LogP contribution < -0.4 is 0 Å². The Morgan fingerprint density at radius 2 is 2.06 bits per heavy atom. The van der Waals surface area contributed by atoms with Crippen molar-refractivity contribution in [3.63, 3.8) is 0 Å². The summed E-state index contributed by atoms with van der Waals surface area (Å²) in [5.41, 5.74) is 0.607. The van der Waals surface area contributed by atoms with Crippen LogP contribution in [0.2, 0.25) is 0 Å². The zero-order valence-corrected chi connectivity index (χ0v) is 10.9. The summed E-state index contributed by atoms with van der Waals surface area (Å²) < 4.78 is 0. The molecule has 0 spiro atoms. The van der Waals surface area contributed by atoms with Crippen LogP contribution in [0.1, 0.15) is 34.1 Å². The largest absolute Gasteiger partial charge is 0.478 e. The monoisotopic (exact) mass is 225 g/mol. The second kappa shape index (κ2) is 4.58. The van der Waals surface area contributed by atoms with Crippen molar-refractivity contribution in [3.05, 3.63) is 11.6 Å². The molecule has 1 saturated heterocycles. The maximum absolute atomic E-state index is 10.8. The second-order valence-electron chi connectivity index (χ2n) is 5.47. The van der Waals surface area contributed by atoms with Crippen LogP contribution >= 0.6 is 0 Å². The molecular formula is C13H23NO2. The van der Waals surface area contributed by atoms with Crippen molar-refractivity contribution in [1.82, 2.24) is 4.90 Å². The molecule has 1 heterocycles. The van der Waals surface area contributed by atoms with E-state index in [-0.39, 0.29) is 5.54 Å². The Labute approximate surface area is 98.1 Å². The maximum atomic E-state index is 10.8. The molecule has 0 bridgehead atoms. The molecular weight excluding hydrogens is 202 g/mol. The van der Waals surface area contributed by atoms with Crippen molar-refractivity contribution in [3.8, 4) is 0 Å². The number of carboxylic acids is 1. The molecule has 1 N–H and O–H groups in total. The van der Waals surface area contributed by atoms with Crippen LogP contribution in [0, 0.1) is 11.8 Å². The molecule has 1 rings (SSSR count). The molecule has 3 heteroatoms. The van der Waals surface area contributed by atoms with Gasteiger partial charge in [0, 0.05) is 11.1 Å². The molecule has 1 aliphatic heterocycles. The smallest absolute Gasteiger partial charge is 0.330 e. The second-order valence-corrected chi connectivity index (χ2v) is 5.47. The number of rotatable bonds is 2. The first kappa shape index (κ1) is 13.2. The Bertz CT molecular complexity index is 307. The molecule has 0 aromatic carbocycles. The highest BCUT2D eigenvalue weighted by atomic mass is 16.4. The molecule has 3 nitrogen and oxygen atoms in total. The van der Waals surface area contributed by atoms with Crippen molar-refractivity contribution in [1.29, 1.82) is 0 Å². The third-order valence-electron chi connectivity index (χ3n) is 4.34. The summed E-state index contributed by atoms with van der Waals surface area (Å²) >= 11 is 0. The van der Waals surface area contributed by atoms with E-state index in [1.807, 2.05) is 6.08 Å². The van der Waals surface area contributed by atoms with Gasteiger partial charge in [0.05, 0.1) is 0 Å². The normalized spacial score (nSPS) is 31.4. The SMILES string of the molecule is CC(=CC1CCN(C)C(C)(C)C1C)C(=O)O. The highest BCUT2D eigenvalue weighted by molar-refractivity contribution is 5.85. The van der Waals surface area contributed by atoms with Crippen molar-refractivity contribution < 1.29 is 9.90 Å². The Morgan fingerprint density at radius 1 is 1.50 bits per heavy atom. The Kier molecular flexibility index (Phi) is 3.79. The number of piperidine rings is 1. The van der Waals surface area contributed by atoms with Gasteiger partial charge in [0.1, 0.15) is 0 Å². The van der Waals surface area contributed by atoms with E-state index in [9.17, 15) is 4.79 Å². The number of likely N-dealkylation sites (tertiary alicyclic amines) is 1. The standard InChI is InChI=1S/C13H23NO2/c1-9(12(15)16)8-11-6-7-14(5)13(3,4)10(11)2/h8,10-11H,6-7H2,1-5H3,(H,15,16). The van der Waals surface area contributed by atoms with Gasteiger partial charge in [-0.1, -0.05) is 13.0 Å². The molecule has 16 heavy (non-hydrogen) atoms. The third-order valence-corrected chi connectivity index (χ3v) is 4.34. The quantitative estimate of drug-likeness (QED) is 0.734. The third kappa shape index (κ3) is 2.46. The van der Waals surface area contributed by atoms with Crippen molar-refractivity contribution in [2.45, 2.75) is 39.7 Å². The Morgan fingerprint density at radius 3 is 2.56 bits per heavy atom. The zero-order valence-electron chi connectivity index (χ0n) is 10.9. The molecule has 2 unspecified atom stereocenters. The van der Waals surface area contributed by atoms with Gasteiger partial charge in [-0.2, -0.15) is 0 Å². The minimum Gasteiger partial charge on any atom is -0.478 e. The highest BCUT2D eigenvalue weighted by Gasteiger charge is 2.38. The predicted octanol–water partition coefficient (Wildman–Crippen LogP) is 2.38. The van der Waals surface area contributed by atoms with Gasteiger partial charge in [-0.3, -0.25) is 0 Å². The van der Waals surface area contributed by atoms with Gasteiger partial charge in [-0.05, 0) is 52.6 Å². The first-order valence-electron chi connectivity index (χ1n) is 5.89. The number of carbonyl (C=O) groups is 1. The van der Waals surface area contributed by atoms with Gasteiger partial charge in [-0.25, -0.2) is 4.79 Å². The van der Waals surface area contributed by atoms with Crippen molar-refractivity contribution in [2.24, 2.45) is 11.8 Å². The number of carboxylic acid groups (broad SMARTS) is 1. The lowest BCUT2D eigenvalue weighted by Gasteiger charge is -2.48. The number of hydrogen-bond donors (Lipinski definition) is 1. The summed E-state index contributed by atoms with van der Waals surface area (Å²) in [7, 11) is 2.14. The number of allylic oxidation sites excluding steroid dienone is 1. The van der Waals surface area contributed by atoms with Crippen LogP contribution in [0.5, 0.6) is 0 Å². The molecule has 1 fully saturated rings. The Balaban J connectivity index is 2.85. The van der Waals surface area contributed by atoms with E-state index in [0.717, 1.165) is 13.0 Å². The number of nitrogens with zero attached hydrogens (tertiary/aromatic N) is 1. The summed E-state index contributed by atoms with van der Waals surface area (Å²) in [4.78, 5) is 13.2. The average Bonchev–Trinajstić information content (AvgIpc) is 2.19. The number of hydrogen-bond acceptors (Lipinski definition) is 2. The molecule has 0 aliphatic carbocycles. The molecule has 0 amide bonds. The first-order valence-corrected chi connectivity index (χ1v) is 5.89. The lowest BCUT2D eigenvalue weighted by molar-refractivity contribution is -0.132. The van der Waals surface area contributed by atoms with Gasteiger partial charge in [0.25, 0.3) is 0 Å². The van der Waals surface area contributed by atoms with Gasteiger partial charge < -0.3 is 10.0 Å². The van der Waals surface area contributed by atoms with Crippen LogP contribution in [0.25, 0.3) is 0 Å². The van der Waals surface area contributed by atoms with Gasteiger partial charge in [0.2, 0.25) is 0 Å². The van der Waals surface area contributed by atoms with E-state index in [2.05, 4.69) is 32.7 Å². The van der Waals surface area contributed by atoms with Gasteiger partial charge in [-0.15, -0.1) is 0 Å². The van der Waals surface area contributed by atoms with Crippen LogP contribution in [0.3, 0.4) is 0 Å². The van der Waals surface area contributed by atoms with E-state index in [1.165, 1.54) is 0 Å². The van der Waals surface area contributed by atoms with Crippen molar-refractivity contribution >= 4 is 5.97 Å². The van der Waals surface area contributed by atoms with Crippen LogP contribution in [0.4, 0.5) is 0 Å². The Hall–Kier alpha value is -0.830. The van der Waals surface area contributed by atoms with E-state index in [4.69, 9.17) is 5.11 Å². The summed E-state index contributed by atoms with van der Waals surface area (Å²) in [6.45, 7) is 9.39. The maximum Gasteiger partial charge on any atom is 0.330 e. The molecule has 2 atom stereocenters. The van der Waals surface area contributed by atoms with E-state index >= 15 is 0 Å². The summed E-state index contributed by atoms with van der Waals surface area (Å²) in [6.07, 6.45) is 2.98. The fourth-order valence-corrected chi connectivity index (χ4v) is 2.37. The summed E-state index contributed by atoms with van der Waals surface area (Å²) in [5, 5.41) is 8.90. The molecule has 1 aliphatic rings. The predicted molar refractivity (Wildman–Crippen MR) is 65.4 cm³/mol. The van der Waals surface area contributed by atoms with Crippen molar-refractivity contribution in [2.75, 3.05) is 13.6 Å². The molecule has 92 valence electrons. The lowest BCUT2D eigenvalue weighted by atomic mass is 9.73. The molecule has 0 aromatic rings. The molecule has 0 aromatic heterocycles. The van der Waals surface area contributed by atoms with E-state index < -0.39 is 5.97 Å². The molecule has 0 saturated carbocycles. The van der Waals surface area contributed by atoms with Crippen LogP contribution in [-0.4, -0.2) is 35.1 Å². The molecule has 0 radical (unpaired) electrons. The van der Waals surface area contributed by atoms with Crippen LogP contribution in [-0.2, 0) is 4.79 Å². The minimum atomic E-state index is -0.802. The van der Waals surface area contributed by atoms with E-state index in [1.54, 1.807) is 6.92 Å². The van der Waals surface area contributed by atoms with Gasteiger partial charge in [0.15, 0.2) is 0 Å². The number of aliphatic carboxylic acids is 1. The van der Waals surface area contributed by atoms with Crippen LogP contribution in [0.15, 0.2) is 11.6 Å². The average molecular weight is 225 g/mol. The first-order chi connectivity index (χ1) is 7.26. The fourth-order valence-electron chi connectivity index (χ4n) is 2.37. The summed E-state index contributed by atoms with van der Waals surface area (Å²) in [5.74, 6) is 0.0479. The fraction of sp³-hybridized carbons (Fsp3) is 0.769. The highest BCUT2D eigenvalue weighted by Crippen LogP contribution is 2.37. The topological polar surface area (TPSA) is 40.5 Å².